The first kappa shape index (κ1) is 18.3. The minimum atomic E-state index is -0.0214. The highest BCUT2D eigenvalue weighted by atomic mass is 32.2. The summed E-state index contributed by atoms with van der Waals surface area (Å²) in [6.45, 7) is 5.33. The summed E-state index contributed by atoms with van der Waals surface area (Å²) in [5.41, 5.74) is 3.24. The minimum Gasteiger partial charge on any atom is -0.337 e. The Hall–Kier alpha value is -2.12. The molecule has 7 heteroatoms. The van der Waals surface area contributed by atoms with Gasteiger partial charge in [0.2, 0.25) is 5.91 Å². The Bertz CT molecular complexity index is 1050. The molecular formula is C20H21N3O2S2. The summed E-state index contributed by atoms with van der Waals surface area (Å²) >= 11 is 2.77. The van der Waals surface area contributed by atoms with Gasteiger partial charge in [0, 0.05) is 19.1 Å². The Morgan fingerprint density at radius 2 is 2.04 bits per heavy atom. The summed E-state index contributed by atoms with van der Waals surface area (Å²) in [4.78, 5) is 32.0. The van der Waals surface area contributed by atoms with Gasteiger partial charge in [0.05, 0.1) is 11.3 Å². The number of aromatic nitrogens is 2. The van der Waals surface area contributed by atoms with Crippen molar-refractivity contribution in [3.63, 3.8) is 0 Å². The van der Waals surface area contributed by atoms with Gasteiger partial charge in [-0.15, -0.1) is 11.3 Å². The zero-order chi connectivity index (χ0) is 19.0. The van der Waals surface area contributed by atoms with Gasteiger partial charge in [0.15, 0.2) is 5.16 Å². The third kappa shape index (κ3) is 3.53. The topological polar surface area (TPSA) is 55.2 Å². The molecule has 0 saturated carbocycles. The van der Waals surface area contributed by atoms with Crippen LogP contribution in [0.1, 0.15) is 31.0 Å². The normalized spacial score (nSPS) is 14.0. The molecule has 0 fully saturated rings. The summed E-state index contributed by atoms with van der Waals surface area (Å²) in [6.07, 6.45) is 0.891. The number of carbonyl (C=O) groups is 1. The van der Waals surface area contributed by atoms with Gasteiger partial charge in [0.25, 0.3) is 5.56 Å². The number of carbonyl (C=O) groups excluding carboxylic acids is 1. The van der Waals surface area contributed by atoms with E-state index in [9.17, 15) is 9.59 Å². The molecule has 0 radical (unpaired) electrons. The first-order chi connectivity index (χ1) is 13.0. The molecule has 0 spiro atoms. The van der Waals surface area contributed by atoms with Gasteiger partial charge in [-0.2, -0.15) is 0 Å². The Kier molecular flexibility index (Phi) is 5.06. The molecule has 140 valence electrons. The fourth-order valence-electron chi connectivity index (χ4n) is 3.39. The molecule has 0 unspecified atom stereocenters. The van der Waals surface area contributed by atoms with Crippen LogP contribution < -0.4 is 5.56 Å². The number of rotatable bonds is 4. The molecular weight excluding hydrogens is 378 g/mol. The van der Waals surface area contributed by atoms with Gasteiger partial charge in [-0.3, -0.25) is 14.2 Å². The maximum Gasteiger partial charge on any atom is 0.272 e. The van der Waals surface area contributed by atoms with E-state index in [2.05, 4.69) is 17.1 Å². The second-order valence-corrected chi connectivity index (χ2v) is 8.78. The van der Waals surface area contributed by atoms with Crippen molar-refractivity contribution in [2.75, 3.05) is 12.3 Å². The van der Waals surface area contributed by atoms with Crippen LogP contribution >= 0.6 is 23.1 Å². The molecule has 4 rings (SSSR count). The van der Waals surface area contributed by atoms with Crippen molar-refractivity contribution in [2.24, 2.45) is 0 Å². The number of hydrogen-bond donors (Lipinski definition) is 0. The van der Waals surface area contributed by atoms with Crippen LogP contribution in [0.3, 0.4) is 0 Å². The summed E-state index contributed by atoms with van der Waals surface area (Å²) in [5.74, 6) is 0.376. The maximum absolute atomic E-state index is 12.8. The van der Waals surface area contributed by atoms with Gasteiger partial charge in [-0.1, -0.05) is 36.0 Å². The number of amides is 1. The summed E-state index contributed by atoms with van der Waals surface area (Å²) in [7, 11) is 0. The third-order valence-corrected chi connectivity index (χ3v) is 6.63. The van der Waals surface area contributed by atoms with Crippen molar-refractivity contribution in [3.05, 3.63) is 57.2 Å². The van der Waals surface area contributed by atoms with Crippen LogP contribution in [0.4, 0.5) is 0 Å². The zero-order valence-corrected chi connectivity index (χ0v) is 17.0. The molecule has 3 heterocycles. The molecule has 1 aliphatic rings. The quantitative estimate of drug-likeness (QED) is 0.496. The molecule has 0 N–H and O–H groups in total. The first-order valence-electron chi connectivity index (χ1n) is 9.01. The van der Waals surface area contributed by atoms with Crippen molar-refractivity contribution >= 4 is 39.2 Å². The van der Waals surface area contributed by atoms with Crippen molar-refractivity contribution in [1.82, 2.24) is 14.5 Å². The molecule has 2 aromatic heterocycles. The highest BCUT2D eigenvalue weighted by Gasteiger charge is 2.22. The maximum atomic E-state index is 12.8. The number of hydrogen-bond acceptors (Lipinski definition) is 5. The van der Waals surface area contributed by atoms with Crippen molar-refractivity contribution in [3.8, 4) is 0 Å². The summed E-state index contributed by atoms with van der Waals surface area (Å²) < 4.78 is 2.37. The molecule has 27 heavy (non-hydrogen) atoms. The first-order valence-corrected chi connectivity index (χ1v) is 10.9. The lowest BCUT2D eigenvalue weighted by Crippen LogP contribution is -2.37. The van der Waals surface area contributed by atoms with Gasteiger partial charge >= 0.3 is 0 Å². The van der Waals surface area contributed by atoms with E-state index in [1.807, 2.05) is 42.3 Å². The predicted octanol–water partition coefficient (Wildman–Crippen LogP) is 3.72. The Balaban J connectivity index is 1.53. The molecule has 0 atom stereocenters. The number of benzene rings is 1. The average molecular weight is 400 g/mol. The Labute approximate surface area is 166 Å². The van der Waals surface area contributed by atoms with E-state index in [0.29, 0.717) is 21.9 Å². The van der Waals surface area contributed by atoms with E-state index in [4.69, 9.17) is 0 Å². The largest absolute Gasteiger partial charge is 0.337 e. The number of fused-ring (bicyclic) bond motifs is 2. The lowest BCUT2D eigenvalue weighted by atomic mass is 10.00. The van der Waals surface area contributed by atoms with E-state index in [1.165, 1.54) is 34.2 Å². The Morgan fingerprint density at radius 3 is 2.81 bits per heavy atom. The fraction of sp³-hybridized carbons (Fsp3) is 0.350. The van der Waals surface area contributed by atoms with Crippen LogP contribution in [-0.4, -0.2) is 32.7 Å². The fourth-order valence-corrected chi connectivity index (χ4v) is 5.18. The molecule has 0 saturated heterocycles. The van der Waals surface area contributed by atoms with E-state index in [0.717, 1.165) is 13.0 Å². The van der Waals surface area contributed by atoms with Crippen LogP contribution in [0.25, 0.3) is 10.2 Å². The lowest BCUT2D eigenvalue weighted by Gasteiger charge is -2.28. The van der Waals surface area contributed by atoms with Gasteiger partial charge in [-0.25, -0.2) is 4.98 Å². The standard InChI is InChI=1S/C20H21N3O2S2/c1-13(2)23-19(25)18-16(8-10-26-18)21-20(23)27-12-17(24)22-9-7-14-5-3-4-6-15(14)11-22/h3-6,8,10,13H,7,9,11-12H2,1-2H3. The highest BCUT2D eigenvalue weighted by Crippen LogP contribution is 2.25. The molecule has 3 aromatic rings. The smallest absolute Gasteiger partial charge is 0.272 e. The van der Waals surface area contributed by atoms with Gasteiger partial charge in [0.1, 0.15) is 4.70 Å². The second kappa shape index (κ2) is 7.48. The van der Waals surface area contributed by atoms with Crippen LogP contribution in [-0.2, 0) is 17.8 Å². The van der Waals surface area contributed by atoms with Crippen molar-refractivity contribution in [2.45, 2.75) is 38.0 Å². The molecule has 0 aliphatic carbocycles. The number of thiophene rings is 1. The van der Waals surface area contributed by atoms with Crippen LogP contribution in [0.2, 0.25) is 0 Å². The van der Waals surface area contributed by atoms with E-state index >= 15 is 0 Å². The molecule has 5 nitrogen and oxygen atoms in total. The Morgan fingerprint density at radius 1 is 1.26 bits per heavy atom. The van der Waals surface area contributed by atoms with Gasteiger partial charge < -0.3 is 4.90 Å². The van der Waals surface area contributed by atoms with E-state index in [1.54, 1.807) is 4.57 Å². The highest BCUT2D eigenvalue weighted by molar-refractivity contribution is 7.99. The van der Waals surface area contributed by atoms with E-state index in [-0.39, 0.29) is 23.3 Å². The molecule has 1 amide bonds. The van der Waals surface area contributed by atoms with Crippen molar-refractivity contribution in [1.29, 1.82) is 0 Å². The van der Waals surface area contributed by atoms with Crippen molar-refractivity contribution < 1.29 is 4.79 Å². The van der Waals surface area contributed by atoms with Crippen LogP contribution in [0.5, 0.6) is 0 Å². The monoisotopic (exact) mass is 399 g/mol. The third-order valence-electron chi connectivity index (χ3n) is 4.80. The summed E-state index contributed by atoms with van der Waals surface area (Å²) in [6, 6.07) is 10.1. The zero-order valence-electron chi connectivity index (χ0n) is 15.3. The van der Waals surface area contributed by atoms with E-state index < -0.39 is 0 Å². The summed E-state index contributed by atoms with van der Waals surface area (Å²) in [5, 5.41) is 2.50. The molecule has 0 bridgehead atoms. The minimum absolute atomic E-state index is 0.00374. The number of nitrogens with zero attached hydrogens (tertiary/aromatic N) is 3. The average Bonchev–Trinajstić information content (AvgIpc) is 3.14. The number of thioether (sulfide) groups is 1. The molecule has 1 aliphatic heterocycles. The van der Waals surface area contributed by atoms with Gasteiger partial charge in [-0.05, 0) is 42.8 Å². The predicted molar refractivity (Wildman–Crippen MR) is 111 cm³/mol. The second-order valence-electron chi connectivity index (χ2n) is 6.92. The lowest BCUT2D eigenvalue weighted by molar-refractivity contribution is -0.129. The van der Waals surface area contributed by atoms with Crippen LogP contribution in [0, 0.1) is 0 Å². The van der Waals surface area contributed by atoms with Crippen LogP contribution in [0.15, 0.2) is 45.7 Å². The SMILES string of the molecule is CC(C)n1c(SCC(=O)N2CCc3ccccc3C2)nc2ccsc2c1=O. The molecule has 1 aromatic carbocycles.